The summed E-state index contributed by atoms with van der Waals surface area (Å²) in [6, 6.07) is 16.4. The van der Waals surface area contributed by atoms with Crippen LogP contribution in [-0.2, 0) is 4.79 Å². The van der Waals surface area contributed by atoms with Gasteiger partial charge in [-0.2, -0.15) is 5.10 Å². The maximum absolute atomic E-state index is 12.5. The zero-order valence-electron chi connectivity index (χ0n) is 20.2. The molecule has 0 radical (unpaired) electrons. The number of methoxy groups -OCH3 is 3. The number of hydrogen-bond acceptors (Lipinski definition) is 8. The van der Waals surface area contributed by atoms with Crippen molar-refractivity contribution in [1.29, 1.82) is 0 Å². The number of carbonyl (C=O) groups is 3. The average molecular weight is 570 g/mol. The number of carbonyl (C=O) groups excluding carboxylic acids is 3. The monoisotopic (exact) mass is 569 g/mol. The maximum atomic E-state index is 12.5. The highest BCUT2D eigenvalue weighted by molar-refractivity contribution is 9.10. The third kappa shape index (κ3) is 7.55. The van der Waals surface area contributed by atoms with E-state index in [2.05, 4.69) is 31.8 Å². The van der Waals surface area contributed by atoms with Crippen molar-refractivity contribution in [1.82, 2.24) is 10.7 Å². The van der Waals surface area contributed by atoms with Crippen molar-refractivity contribution in [2.45, 2.75) is 0 Å². The first-order valence-corrected chi connectivity index (χ1v) is 11.6. The number of nitrogens with one attached hydrogen (secondary N) is 2. The minimum atomic E-state index is -0.531. The first kappa shape index (κ1) is 27.2. The molecule has 0 atom stereocenters. The third-order valence-corrected chi connectivity index (χ3v) is 5.38. The largest absolute Gasteiger partial charge is 0.493 e. The lowest BCUT2D eigenvalue weighted by Gasteiger charge is -2.14. The van der Waals surface area contributed by atoms with Crippen molar-refractivity contribution in [3.8, 4) is 23.0 Å². The van der Waals surface area contributed by atoms with E-state index >= 15 is 0 Å². The lowest BCUT2D eigenvalue weighted by molar-refractivity contribution is -0.120. The van der Waals surface area contributed by atoms with E-state index in [1.54, 1.807) is 42.5 Å². The van der Waals surface area contributed by atoms with Gasteiger partial charge in [-0.05, 0) is 60.2 Å². The Morgan fingerprint density at radius 3 is 2.16 bits per heavy atom. The van der Waals surface area contributed by atoms with E-state index < -0.39 is 17.8 Å². The van der Waals surface area contributed by atoms with Crippen LogP contribution < -0.4 is 29.7 Å². The van der Waals surface area contributed by atoms with Crippen molar-refractivity contribution in [2.75, 3.05) is 27.9 Å². The predicted molar refractivity (Wildman–Crippen MR) is 140 cm³/mol. The molecule has 0 spiro atoms. The summed E-state index contributed by atoms with van der Waals surface area (Å²) in [4.78, 5) is 36.8. The summed E-state index contributed by atoms with van der Waals surface area (Å²) in [5.74, 6) is -0.179. The quantitative estimate of drug-likeness (QED) is 0.165. The van der Waals surface area contributed by atoms with Crippen molar-refractivity contribution in [2.24, 2.45) is 5.10 Å². The smallest absolute Gasteiger partial charge is 0.343 e. The first-order chi connectivity index (χ1) is 17.8. The Balaban J connectivity index is 1.50. The van der Waals surface area contributed by atoms with Crippen LogP contribution in [-0.4, -0.2) is 51.9 Å². The predicted octanol–water partition coefficient (Wildman–Crippen LogP) is 3.57. The summed E-state index contributed by atoms with van der Waals surface area (Å²) in [5, 5.41) is 6.37. The Hall–Kier alpha value is -4.38. The van der Waals surface area contributed by atoms with E-state index in [0.29, 0.717) is 34.1 Å². The fourth-order valence-electron chi connectivity index (χ4n) is 3.10. The number of halogens is 1. The van der Waals surface area contributed by atoms with E-state index in [1.807, 2.05) is 6.07 Å². The number of amides is 2. The van der Waals surface area contributed by atoms with Gasteiger partial charge in [-0.1, -0.05) is 22.0 Å². The molecule has 0 saturated carbocycles. The van der Waals surface area contributed by atoms with E-state index in [4.69, 9.17) is 18.9 Å². The van der Waals surface area contributed by atoms with Gasteiger partial charge in [0.1, 0.15) is 5.75 Å². The van der Waals surface area contributed by atoms with Crippen LogP contribution in [0.1, 0.15) is 26.3 Å². The molecule has 192 valence electrons. The maximum Gasteiger partial charge on any atom is 0.343 e. The number of hydrogen-bond donors (Lipinski definition) is 2. The van der Waals surface area contributed by atoms with Gasteiger partial charge in [-0.3, -0.25) is 9.59 Å². The Labute approximate surface area is 221 Å². The molecule has 0 aliphatic rings. The minimum absolute atomic E-state index is 0.228. The molecule has 2 N–H and O–H groups in total. The molecule has 10 nitrogen and oxygen atoms in total. The third-order valence-electron chi connectivity index (χ3n) is 4.89. The summed E-state index contributed by atoms with van der Waals surface area (Å²) in [6.45, 7) is -0.308. The van der Waals surface area contributed by atoms with Gasteiger partial charge in [-0.15, -0.1) is 0 Å². The van der Waals surface area contributed by atoms with Crippen molar-refractivity contribution in [3.05, 3.63) is 81.8 Å². The van der Waals surface area contributed by atoms with Gasteiger partial charge < -0.3 is 24.3 Å². The standard InChI is InChI=1S/C26H24BrN3O7/c1-34-21-12-18(13-22(35-2)24(21)36-3)25(32)28-15-23(31)30-29-14-16-7-9-20(10-8-16)37-26(33)17-5-4-6-19(27)11-17/h4-14H,15H2,1-3H3,(H,28,32)(H,30,31)/b29-14+. The molecule has 0 aliphatic heterocycles. The van der Waals surface area contributed by atoms with Crippen LogP contribution in [0, 0.1) is 0 Å². The molecule has 0 fully saturated rings. The number of nitrogens with zero attached hydrogens (tertiary/aromatic N) is 1. The molecule has 3 aromatic rings. The van der Waals surface area contributed by atoms with E-state index in [9.17, 15) is 14.4 Å². The molecular weight excluding hydrogens is 546 g/mol. The molecule has 0 bridgehead atoms. The topological polar surface area (TPSA) is 125 Å². The highest BCUT2D eigenvalue weighted by Crippen LogP contribution is 2.38. The number of hydrazone groups is 1. The Morgan fingerprint density at radius 2 is 1.57 bits per heavy atom. The van der Waals surface area contributed by atoms with Crippen LogP contribution in [0.3, 0.4) is 0 Å². The number of benzene rings is 3. The number of ether oxygens (including phenoxy) is 4. The Kier molecular flexibility index (Phi) is 9.61. The lowest BCUT2D eigenvalue weighted by atomic mass is 10.1. The van der Waals surface area contributed by atoms with E-state index in [-0.39, 0.29) is 12.1 Å². The molecule has 37 heavy (non-hydrogen) atoms. The van der Waals surface area contributed by atoms with Gasteiger partial charge in [0.15, 0.2) is 11.5 Å². The Bertz CT molecular complexity index is 1280. The summed E-state index contributed by atoms with van der Waals surface area (Å²) in [6.07, 6.45) is 1.42. The number of esters is 1. The first-order valence-electron chi connectivity index (χ1n) is 10.8. The molecule has 0 unspecified atom stereocenters. The fraction of sp³-hybridized carbons (Fsp3) is 0.154. The second-order valence-corrected chi connectivity index (χ2v) is 8.27. The van der Waals surface area contributed by atoms with Gasteiger partial charge in [-0.25, -0.2) is 10.2 Å². The second-order valence-electron chi connectivity index (χ2n) is 7.36. The molecule has 11 heteroatoms. The highest BCUT2D eigenvalue weighted by atomic mass is 79.9. The van der Waals surface area contributed by atoms with Crippen LogP contribution in [0.5, 0.6) is 23.0 Å². The highest BCUT2D eigenvalue weighted by Gasteiger charge is 2.17. The molecule has 0 aromatic heterocycles. The normalized spacial score (nSPS) is 10.5. The molecule has 0 saturated heterocycles. The molecule has 2 amide bonds. The SMILES string of the molecule is COc1cc(C(=O)NCC(=O)N/N=C/c2ccc(OC(=O)c3cccc(Br)c3)cc2)cc(OC)c1OC. The lowest BCUT2D eigenvalue weighted by Crippen LogP contribution is -2.34. The van der Waals surface area contributed by atoms with Crippen LogP contribution in [0.2, 0.25) is 0 Å². The molecule has 0 heterocycles. The summed E-state index contributed by atoms with van der Waals surface area (Å²) in [7, 11) is 4.34. The number of rotatable bonds is 10. The zero-order valence-corrected chi connectivity index (χ0v) is 21.8. The molecule has 3 aromatic carbocycles. The van der Waals surface area contributed by atoms with Crippen molar-refractivity contribution in [3.63, 3.8) is 0 Å². The van der Waals surface area contributed by atoms with Gasteiger partial charge >= 0.3 is 5.97 Å². The second kappa shape index (κ2) is 13.1. The van der Waals surface area contributed by atoms with E-state index in [0.717, 1.165) is 4.47 Å². The fourth-order valence-corrected chi connectivity index (χ4v) is 3.50. The van der Waals surface area contributed by atoms with Crippen LogP contribution in [0.4, 0.5) is 0 Å². The van der Waals surface area contributed by atoms with Gasteiger partial charge in [0.2, 0.25) is 5.75 Å². The average Bonchev–Trinajstić information content (AvgIpc) is 2.91. The molecule has 3 rings (SSSR count). The molecule has 0 aliphatic carbocycles. The summed E-state index contributed by atoms with van der Waals surface area (Å²) in [5.41, 5.74) is 3.63. The van der Waals surface area contributed by atoms with Gasteiger partial charge in [0.25, 0.3) is 11.8 Å². The minimum Gasteiger partial charge on any atom is -0.493 e. The summed E-state index contributed by atoms with van der Waals surface area (Å²) < 4.78 is 21.8. The summed E-state index contributed by atoms with van der Waals surface area (Å²) >= 11 is 3.32. The van der Waals surface area contributed by atoms with Crippen LogP contribution in [0.15, 0.2) is 70.2 Å². The Morgan fingerprint density at radius 1 is 0.892 bits per heavy atom. The van der Waals surface area contributed by atoms with Crippen LogP contribution in [0.25, 0.3) is 0 Å². The van der Waals surface area contributed by atoms with Gasteiger partial charge in [0, 0.05) is 10.0 Å². The van der Waals surface area contributed by atoms with Gasteiger partial charge in [0.05, 0.1) is 39.7 Å². The zero-order chi connectivity index (χ0) is 26.8. The van der Waals surface area contributed by atoms with Crippen LogP contribution >= 0.6 is 15.9 Å². The molecular formula is C26H24BrN3O7. The van der Waals surface area contributed by atoms with E-state index in [1.165, 1.54) is 39.7 Å². The van der Waals surface area contributed by atoms with Crippen molar-refractivity contribution < 1.29 is 33.3 Å². The van der Waals surface area contributed by atoms with Crippen molar-refractivity contribution >= 4 is 39.9 Å².